The van der Waals surface area contributed by atoms with Crippen molar-refractivity contribution in [2.45, 2.75) is 65.3 Å². The highest BCUT2D eigenvalue weighted by Crippen LogP contribution is 2.31. The second-order valence-electron chi connectivity index (χ2n) is 8.77. The molecule has 0 aliphatic carbocycles. The monoisotopic (exact) mass is 468 g/mol. The maximum absolute atomic E-state index is 11.1. The highest BCUT2D eigenvalue weighted by atomic mass is 35.5. The SMILES string of the molecule is CC(=O)c1ccc(C(C)(C)C)c(Cl)c1.CC(N)c1ccc(C(C)(C)C#N)c(Cl)c1.Cl. The van der Waals surface area contributed by atoms with Gasteiger partial charge in [0.05, 0.1) is 11.5 Å². The van der Waals surface area contributed by atoms with Crippen LogP contribution in [-0.4, -0.2) is 5.78 Å². The van der Waals surface area contributed by atoms with Gasteiger partial charge in [0.2, 0.25) is 0 Å². The first-order valence-electron chi connectivity index (χ1n) is 9.48. The maximum Gasteiger partial charge on any atom is 0.159 e. The number of nitrogens with zero attached hydrogens (tertiary/aromatic N) is 1. The molecule has 1 atom stereocenters. The molecule has 0 amide bonds. The standard InChI is InChI=1S/C12H15ClN2.C12H15ClO.ClH/c1-8(15)9-4-5-10(11(13)6-9)12(2,3)7-14;1-8(14)9-5-6-10(11(13)7-9)12(2,3)4;/h4-6,8H,15H2,1-3H3;5-7H,1-4H3;1H. The van der Waals surface area contributed by atoms with E-state index in [0.717, 1.165) is 16.7 Å². The number of nitrogens with two attached hydrogens (primary N) is 1. The fourth-order valence-corrected chi connectivity index (χ4v) is 3.61. The Morgan fingerprint density at radius 3 is 1.87 bits per heavy atom. The smallest absolute Gasteiger partial charge is 0.159 e. The molecule has 2 N–H and O–H groups in total. The molecule has 164 valence electrons. The van der Waals surface area contributed by atoms with Crippen LogP contribution in [0.5, 0.6) is 0 Å². The van der Waals surface area contributed by atoms with E-state index < -0.39 is 5.41 Å². The van der Waals surface area contributed by atoms with Crippen molar-refractivity contribution < 1.29 is 4.79 Å². The third-order valence-electron chi connectivity index (χ3n) is 4.66. The number of hydrogen-bond acceptors (Lipinski definition) is 3. The molecule has 1 unspecified atom stereocenters. The lowest BCUT2D eigenvalue weighted by atomic mass is 9.85. The minimum atomic E-state index is -0.562. The van der Waals surface area contributed by atoms with E-state index in [4.69, 9.17) is 34.2 Å². The van der Waals surface area contributed by atoms with Crippen LogP contribution in [0.3, 0.4) is 0 Å². The fraction of sp³-hybridized carbons (Fsp3) is 0.417. The molecule has 0 saturated carbocycles. The summed E-state index contributed by atoms with van der Waals surface area (Å²) in [6.07, 6.45) is 0. The average molecular weight is 470 g/mol. The Kier molecular flexibility index (Phi) is 10.6. The largest absolute Gasteiger partial charge is 0.324 e. The Labute approximate surface area is 197 Å². The van der Waals surface area contributed by atoms with Crippen LogP contribution in [-0.2, 0) is 10.8 Å². The van der Waals surface area contributed by atoms with Crippen molar-refractivity contribution in [2.24, 2.45) is 5.73 Å². The van der Waals surface area contributed by atoms with Crippen LogP contribution < -0.4 is 5.73 Å². The van der Waals surface area contributed by atoms with Gasteiger partial charge in [-0.1, -0.05) is 68.2 Å². The molecule has 2 rings (SSSR count). The first-order chi connectivity index (χ1) is 13.2. The van der Waals surface area contributed by atoms with E-state index in [9.17, 15) is 4.79 Å². The zero-order chi connectivity index (χ0) is 22.6. The summed E-state index contributed by atoms with van der Waals surface area (Å²) in [5, 5.41) is 10.3. The number of Topliss-reactive ketones (excluding diaryl/α,β-unsaturated/α-hetero) is 1. The summed E-state index contributed by atoms with van der Waals surface area (Å²) in [7, 11) is 0. The molecular weight excluding hydrogens is 439 g/mol. The van der Waals surface area contributed by atoms with Gasteiger partial charge in [-0.3, -0.25) is 4.79 Å². The maximum atomic E-state index is 11.1. The summed E-state index contributed by atoms with van der Waals surface area (Å²) in [4.78, 5) is 11.1. The Balaban J connectivity index is 0.000000544. The number of hydrogen-bond donors (Lipinski definition) is 1. The zero-order valence-corrected chi connectivity index (χ0v) is 21.0. The lowest BCUT2D eigenvalue weighted by molar-refractivity contribution is 0.101. The van der Waals surface area contributed by atoms with Gasteiger partial charge in [0, 0.05) is 21.7 Å². The van der Waals surface area contributed by atoms with Gasteiger partial charge in [-0.15, -0.1) is 12.4 Å². The molecule has 0 spiro atoms. The lowest BCUT2D eigenvalue weighted by Gasteiger charge is -2.20. The molecule has 0 radical (unpaired) electrons. The molecule has 0 aliphatic heterocycles. The molecule has 0 fully saturated rings. The van der Waals surface area contributed by atoms with Gasteiger partial charge in [-0.2, -0.15) is 5.26 Å². The predicted octanol–water partition coefficient (Wildman–Crippen LogP) is 7.42. The van der Waals surface area contributed by atoms with Gasteiger partial charge >= 0.3 is 0 Å². The van der Waals surface area contributed by atoms with Crippen molar-refractivity contribution >= 4 is 41.4 Å². The first-order valence-corrected chi connectivity index (χ1v) is 10.2. The Bertz CT molecular complexity index is 923. The van der Waals surface area contributed by atoms with Crippen molar-refractivity contribution in [3.8, 4) is 6.07 Å². The Morgan fingerprint density at radius 2 is 1.50 bits per heavy atom. The van der Waals surface area contributed by atoms with Crippen molar-refractivity contribution in [3.63, 3.8) is 0 Å². The number of benzene rings is 2. The van der Waals surface area contributed by atoms with E-state index in [1.54, 1.807) is 13.0 Å². The lowest BCUT2D eigenvalue weighted by Crippen LogP contribution is -2.15. The van der Waals surface area contributed by atoms with Crippen molar-refractivity contribution in [1.29, 1.82) is 5.26 Å². The van der Waals surface area contributed by atoms with Crippen LogP contribution in [0.2, 0.25) is 10.0 Å². The van der Waals surface area contributed by atoms with Gasteiger partial charge < -0.3 is 5.73 Å². The zero-order valence-electron chi connectivity index (χ0n) is 18.6. The number of carbonyl (C=O) groups is 1. The second kappa shape index (κ2) is 11.2. The topological polar surface area (TPSA) is 66.9 Å². The van der Waals surface area contributed by atoms with E-state index in [1.807, 2.05) is 51.1 Å². The van der Waals surface area contributed by atoms with Crippen LogP contribution >= 0.6 is 35.6 Å². The number of rotatable bonds is 3. The number of ketones is 1. The van der Waals surface area contributed by atoms with Crippen LogP contribution in [0.15, 0.2) is 36.4 Å². The molecule has 0 heterocycles. The van der Waals surface area contributed by atoms with E-state index >= 15 is 0 Å². The third-order valence-corrected chi connectivity index (χ3v) is 5.28. The van der Waals surface area contributed by atoms with Gasteiger partial charge in [0.25, 0.3) is 0 Å². The molecule has 2 aromatic rings. The van der Waals surface area contributed by atoms with Gasteiger partial charge in [-0.05, 0) is 61.9 Å². The van der Waals surface area contributed by atoms with Crippen LogP contribution in [0.25, 0.3) is 0 Å². The molecule has 0 aromatic heterocycles. The molecule has 2 aromatic carbocycles. The average Bonchev–Trinajstić information content (AvgIpc) is 2.60. The highest BCUT2D eigenvalue weighted by molar-refractivity contribution is 6.32. The number of halogens is 3. The molecule has 30 heavy (non-hydrogen) atoms. The Hall–Kier alpha value is -1.57. The second-order valence-corrected chi connectivity index (χ2v) is 9.58. The summed E-state index contributed by atoms with van der Waals surface area (Å²) < 4.78 is 0. The van der Waals surface area contributed by atoms with Crippen molar-refractivity contribution in [3.05, 3.63) is 68.7 Å². The van der Waals surface area contributed by atoms with Gasteiger partial charge in [-0.25, -0.2) is 0 Å². The number of nitriles is 1. The van der Waals surface area contributed by atoms with Crippen LogP contribution in [0.4, 0.5) is 0 Å². The fourth-order valence-electron chi connectivity index (χ4n) is 2.72. The van der Waals surface area contributed by atoms with Crippen LogP contribution in [0.1, 0.15) is 81.6 Å². The quantitative estimate of drug-likeness (QED) is 0.475. The number of carbonyl (C=O) groups excluding carboxylic acids is 1. The molecule has 0 saturated heterocycles. The predicted molar refractivity (Wildman–Crippen MR) is 130 cm³/mol. The van der Waals surface area contributed by atoms with E-state index in [0.29, 0.717) is 15.6 Å². The minimum absolute atomic E-state index is 0. The highest BCUT2D eigenvalue weighted by Gasteiger charge is 2.23. The minimum Gasteiger partial charge on any atom is -0.324 e. The van der Waals surface area contributed by atoms with Crippen molar-refractivity contribution in [1.82, 2.24) is 0 Å². The molecule has 6 heteroatoms. The molecular formula is C24H31Cl3N2O. The normalized spacial score (nSPS) is 12.0. The summed E-state index contributed by atoms with van der Waals surface area (Å²) in [5.74, 6) is 0.0485. The van der Waals surface area contributed by atoms with E-state index in [2.05, 4.69) is 26.8 Å². The Morgan fingerprint density at radius 1 is 1.00 bits per heavy atom. The molecule has 0 aliphatic rings. The van der Waals surface area contributed by atoms with Crippen molar-refractivity contribution in [2.75, 3.05) is 0 Å². The van der Waals surface area contributed by atoms with Crippen LogP contribution in [0, 0.1) is 11.3 Å². The summed E-state index contributed by atoms with van der Waals surface area (Å²) >= 11 is 12.2. The first kappa shape index (κ1) is 28.4. The molecule has 3 nitrogen and oxygen atoms in total. The summed E-state index contributed by atoms with van der Waals surface area (Å²) in [6, 6.07) is 13.3. The van der Waals surface area contributed by atoms with E-state index in [-0.39, 0.29) is 29.6 Å². The van der Waals surface area contributed by atoms with E-state index in [1.165, 1.54) is 0 Å². The molecule has 0 bridgehead atoms. The summed E-state index contributed by atoms with van der Waals surface area (Å²) in [6.45, 7) is 13.4. The van der Waals surface area contributed by atoms with Gasteiger partial charge in [0.15, 0.2) is 5.78 Å². The van der Waals surface area contributed by atoms with Gasteiger partial charge in [0.1, 0.15) is 0 Å². The third kappa shape index (κ3) is 7.60. The summed E-state index contributed by atoms with van der Waals surface area (Å²) in [5.41, 5.74) is 8.78.